The normalized spacial score (nSPS) is 11.1. The fourth-order valence-corrected chi connectivity index (χ4v) is 2.97. The molecule has 0 saturated carbocycles. The van der Waals surface area contributed by atoms with Crippen molar-refractivity contribution in [2.45, 2.75) is 19.6 Å². The minimum atomic E-state index is -4.44. The van der Waals surface area contributed by atoms with Crippen LogP contribution in [0.15, 0.2) is 48.7 Å². The van der Waals surface area contributed by atoms with Crippen molar-refractivity contribution in [2.24, 2.45) is 0 Å². The number of halogens is 4. The molecule has 0 atom stereocenters. The molecule has 0 fully saturated rings. The second-order valence-electron chi connectivity index (χ2n) is 6.48. The number of aryl methyl sites for hydroxylation is 1. The van der Waals surface area contributed by atoms with Crippen LogP contribution in [-0.4, -0.2) is 22.1 Å². The molecule has 31 heavy (non-hydrogen) atoms. The molecule has 162 valence electrons. The Morgan fingerprint density at radius 3 is 2.52 bits per heavy atom. The van der Waals surface area contributed by atoms with Gasteiger partial charge in [-0.25, -0.2) is 4.79 Å². The lowest BCUT2D eigenvalue weighted by molar-refractivity contribution is -0.137. The predicted octanol–water partition coefficient (Wildman–Crippen LogP) is 5.09. The Balaban J connectivity index is 1.73. The lowest BCUT2D eigenvalue weighted by atomic mass is 10.1. The van der Waals surface area contributed by atoms with Crippen LogP contribution in [0, 0.1) is 6.92 Å². The van der Waals surface area contributed by atoms with Crippen molar-refractivity contribution in [2.75, 3.05) is 10.6 Å². The molecule has 3 aromatic rings. The van der Waals surface area contributed by atoms with Crippen molar-refractivity contribution in [1.29, 1.82) is 0 Å². The number of hydrogen-bond donors (Lipinski definition) is 2. The Bertz CT molecular complexity index is 1100. The van der Waals surface area contributed by atoms with Gasteiger partial charge >= 0.3 is 24.7 Å². The van der Waals surface area contributed by atoms with Gasteiger partial charge in [0.05, 0.1) is 18.3 Å². The van der Waals surface area contributed by atoms with Crippen LogP contribution >= 0.6 is 11.6 Å². The van der Waals surface area contributed by atoms with Gasteiger partial charge in [0, 0.05) is 10.7 Å². The summed E-state index contributed by atoms with van der Waals surface area (Å²) in [6, 6.07) is 8.73. The van der Waals surface area contributed by atoms with Gasteiger partial charge < -0.3 is 10.1 Å². The van der Waals surface area contributed by atoms with Crippen molar-refractivity contribution in [1.82, 2.24) is 9.55 Å². The van der Waals surface area contributed by atoms with Crippen LogP contribution < -0.4 is 15.4 Å². The van der Waals surface area contributed by atoms with Gasteiger partial charge in [-0.1, -0.05) is 23.7 Å². The van der Waals surface area contributed by atoms with Crippen LogP contribution in [0.4, 0.5) is 29.5 Å². The lowest BCUT2D eigenvalue weighted by Crippen LogP contribution is -2.20. The third kappa shape index (κ3) is 5.76. The minimum Gasteiger partial charge on any atom is -0.394 e. The van der Waals surface area contributed by atoms with Gasteiger partial charge in [-0.05, 0) is 48.4 Å². The minimum absolute atomic E-state index is 0.0634. The summed E-state index contributed by atoms with van der Waals surface area (Å²) in [6.07, 6.45) is -3.04. The van der Waals surface area contributed by atoms with Crippen molar-refractivity contribution in [3.05, 3.63) is 70.4 Å². The topological polar surface area (TPSA) is 85.3 Å². The summed E-state index contributed by atoms with van der Waals surface area (Å²) in [4.78, 5) is 27.0. The number of nitrogens with one attached hydrogen (secondary N) is 2. The van der Waals surface area contributed by atoms with Gasteiger partial charge in [-0.3, -0.25) is 14.7 Å². The van der Waals surface area contributed by atoms with Gasteiger partial charge in [-0.2, -0.15) is 18.2 Å². The van der Waals surface area contributed by atoms with Gasteiger partial charge in [0.2, 0.25) is 0 Å². The highest BCUT2D eigenvalue weighted by atomic mass is 35.5. The molecule has 0 aliphatic carbocycles. The van der Waals surface area contributed by atoms with Crippen LogP contribution in [-0.2, 0) is 17.5 Å². The summed E-state index contributed by atoms with van der Waals surface area (Å²) in [6.45, 7) is 2.00. The monoisotopic (exact) mass is 452 g/mol. The number of urea groups is 1. The number of alkyl halides is 3. The van der Waals surface area contributed by atoms with Crippen LogP contribution in [0.2, 0.25) is 5.02 Å². The molecule has 2 amide bonds. The maximum absolute atomic E-state index is 12.7. The number of benzene rings is 2. The Labute approximate surface area is 179 Å². The molecule has 0 aliphatic heterocycles. The van der Waals surface area contributed by atoms with Gasteiger partial charge in [0.15, 0.2) is 5.82 Å². The fourth-order valence-electron chi connectivity index (χ4n) is 2.74. The quantitative estimate of drug-likeness (QED) is 0.510. The van der Waals surface area contributed by atoms with Crippen LogP contribution in [0.1, 0.15) is 16.7 Å². The zero-order valence-electron chi connectivity index (χ0n) is 16.0. The number of carbonyl (C=O) groups excluding carboxylic acids is 2. The average molecular weight is 453 g/mol. The van der Waals surface area contributed by atoms with E-state index >= 15 is 0 Å². The van der Waals surface area contributed by atoms with Gasteiger partial charge in [-0.15, -0.1) is 0 Å². The van der Waals surface area contributed by atoms with E-state index in [-0.39, 0.29) is 24.8 Å². The Hall–Kier alpha value is -3.53. The maximum Gasteiger partial charge on any atom is 0.416 e. The van der Waals surface area contributed by atoms with Gasteiger partial charge in [0.25, 0.3) is 0 Å². The maximum atomic E-state index is 12.7. The number of aromatic nitrogens is 2. The first-order valence-corrected chi connectivity index (χ1v) is 9.21. The van der Waals surface area contributed by atoms with Crippen LogP contribution in [0.25, 0.3) is 0 Å². The molecule has 0 saturated heterocycles. The SMILES string of the molecule is Cc1cc(Cl)ccc1NC(=O)Nc1cn(Cc2ccc(C(F)(F)F)cc2)c(OC=O)n1. The molecular weight excluding hydrogens is 437 g/mol. The molecular formula is C20H16ClF3N4O3. The highest BCUT2D eigenvalue weighted by Crippen LogP contribution is 2.29. The number of rotatable bonds is 6. The molecule has 3 rings (SSSR count). The summed E-state index contributed by atoms with van der Waals surface area (Å²) < 4.78 is 44.3. The number of anilines is 2. The smallest absolute Gasteiger partial charge is 0.394 e. The molecule has 1 aromatic heterocycles. The van der Waals surface area contributed by atoms with E-state index in [9.17, 15) is 22.8 Å². The second kappa shape index (κ2) is 9.09. The molecule has 0 aliphatic rings. The summed E-state index contributed by atoms with van der Waals surface area (Å²) in [7, 11) is 0. The first-order valence-electron chi connectivity index (χ1n) is 8.83. The first kappa shape index (κ1) is 22.2. The Morgan fingerprint density at radius 2 is 1.90 bits per heavy atom. The summed E-state index contributed by atoms with van der Waals surface area (Å²) in [5, 5.41) is 5.68. The highest BCUT2D eigenvalue weighted by Gasteiger charge is 2.30. The van der Waals surface area contributed by atoms with Gasteiger partial charge in [0.1, 0.15) is 0 Å². The number of amides is 2. The summed E-state index contributed by atoms with van der Waals surface area (Å²) in [5.41, 5.74) is 1.02. The fraction of sp³-hybridized carbons (Fsp3) is 0.150. The number of ether oxygens (including phenoxy) is 1. The molecule has 1 heterocycles. The summed E-state index contributed by atoms with van der Waals surface area (Å²) in [5.74, 6) is 0.0767. The third-order valence-electron chi connectivity index (χ3n) is 4.21. The average Bonchev–Trinajstić information content (AvgIpc) is 3.05. The first-order chi connectivity index (χ1) is 14.7. The number of hydrogen-bond acceptors (Lipinski definition) is 4. The molecule has 0 radical (unpaired) electrons. The molecule has 2 N–H and O–H groups in total. The van der Waals surface area contributed by atoms with Crippen molar-refractivity contribution in [3.63, 3.8) is 0 Å². The van der Waals surface area contributed by atoms with E-state index in [1.807, 2.05) is 0 Å². The molecule has 11 heteroatoms. The van der Waals surface area contributed by atoms with E-state index in [4.69, 9.17) is 16.3 Å². The number of carbonyl (C=O) groups is 2. The molecule has 0 unspecified atom stereocenters. The molecule has 0 bridgehead atoms. The van der Waals surface area contributed by atoms with E-state index in [0.717, 1.165) is 17.7 Å². The van der Waals surface area contributed by atoms with Crippen molar-refractivity contribution in [3.8, 4) is 6.01 Å². The van der Waals surface area contributed by atoms with Crippen molar-refractivity contribution >= 4 is 35.6 Å². The number of nitrogens with zero attached hydrogens (tertiary/aromatic N) is 2. The number of imidazole rings is 1. The van der Waals surface area contributed by atoms with E-state index in [1.54, 1.807) is 25.1 Å². The third-order valence-corrected chi connectivity index (χ3v) is 4.44. The van der Waals surface area contributed by atoms with Crippen LogP contribution in [0.3, 0.4) is 0 Å². The molecule has 0 spiro atoms. The van der Waals surface area contributed by atoms with E-state index in [2.05, 4.69) is 15.6 Å². The van der Waals surface area contributed by atoms with Crippen molar-refractivity contribution < 1.29 is 27.5 Å². The standard InChI is InChI=1S/C20H16ClF3N4O3/c1-12-8-15(21)6-7-16(12)25-18(30)26-17-10-28(19(27-17)31-11-29)9-13-2-4-14(5-3-13)20(22,23)24/h2-8,10-11H,9H2,1H3,(H2,25,26,30). The Morgan fingerprint density at radius 1 is 1.19 bits per heavy atom. The predicted molar refractivity (Wildman–Crippen MR) is 108 cm³/mol. The largest absolute Gasteiger partial charge is 0.416 e. The zero-order chi connectivity index (χ0) is 22.6. The zero-order valence-corrected chi connectivity index (χ0v) is 16.8. The lowest BCUT2D eigenvalue weighted by Gasteiger charge is -2.09. The molecule has 7 nitrogen and oxygen atoms in total. The van der Waals surface area contributed by atoms with E-state index in [0.29, 0.717) is 16.3 Å². The van der Waals surface area contributed by atoms with E-state index in [1.165, 1.54) is 22.9 Å². The van der Waals surface area contributed by atoms with E-state index < -0.39 is 17.8 Å². The second-order valence-corrected chi connectivity index (χ2v) is 6.92. The Kier molecular flexibility index (Phi) is 6.50. The molecule has 2 aromatic carbocycles. The summed E-state index contributed by atoms with van der Waals surface area (Å²) >= 11 is 5.89. The van der Waals surface area contributed by atoms with Crippen LogP contribution in [0.5, 0.6) is 6.01 Å². The highest BCUT2D eigenvalue weighted by molar-refractivity contribution is 6.30.